The van der Waals surface area contributed by atoms with Crippen molar-refractivity contribution >= 4 is 5.78 Å². The smallest absolute Gasteiger partial charge is 0.185 e. The van der Waals surface area contributed by atoms with Crippen LogP contribution in [0.1, 0.15) is 51.0 Å². The summed E-state index contributed by atoms with van der Waals surface area (Å²) in [6, 6.07) is 2.75. The second-order valence-electron chi connectivity index (χ2n) is 5.66. The highest BCUT2D eigenvalue weighted by Crippen LogP contribution is 2.13. The molecule has 21 heavy (non-hydrogen) atoms. The highest BCUT2D eigenvalue weighted by molar-refractivity contribution is 5.95. The van der Waals surface area contributed by atoms with Gasteiger partial charge in [0.25, 0.3) is 0 Å². The highest BCUT2D eigenvalue weighted by atomic mass is 19.1. The Hall–Kier alpha value is -1.29. The maximum atomic E-state index is 12.9. The van der Waals surface area contributed by atoms with E-state index in [4.69, 9.17) is 0 Å². The molecule has 4 heteroatoms. The summed E-state index contributed by atoms with van der Waals surface area (Å²) >= 11 is 0. The molecule has 1 heterocycles. The quantitative estimate of drug-likeness (QED) is 0.650. The van der Waals surface area contributed by atoms with E-state index in [0.29, 0.717) is 11.6 Å². The molecule has 0 radical (unpaired) electrons. The third-order valence-corrected chi connectivity index (χ3v) is 4.08. The Labute approximate surface area is 127 Å². The van der Waals surface area contributed by atoms with Crippen LogP contribution < -0.4 is 0 Å². The predicted octanol–water partition coefficient (Wildman–Crippen LogP) is 3.80. The van der Waals surface area contributed by atoms with Crippen molar-refractivity contribution in [1.82, 2.24) is 9.88 Å². The Bertz CT molecular complexity index is 429. The van der Waals surface area contributed by atoms with Crippen LogP contribution in [0.25, 0.3) is 0 Å². The van der Waals surface area contributed by atoms with Gasteiger partial charge in [-0.3, -0.25) is 9.78 Å². The van der Waals surface area contributed by atoms with Gasteiger partial charge in [-0.15, -0.1) is 0 Å². The van der Waals surface area contributed by atoms with Crippen LogP contribution in [-0.2, 0) is 0 Å². The lowest BCUT2D eigenvalue weighted by atomic mass is 9.99. The zero-order valence-corrected chi connectivity index (χ0v) is 13.6. The maximum absolute atomic E-state index is 12.9. The van der Waals surface area contributed by atoms with Gasteiger partial charge in [-0.1, -0.05) is 40.5 Å². The molecule has 0 amide bonds. The van der Waals surface area contributed by atoms with Crippen molar-refractivity contribution in [2.24, 2.45) is 11.8 Å². The van der Waals surface area contributed by atoms with E-state index in [-0.39, 0.29) is 11.7 Å². The minimum absolute atomic E-state index is 0.0157. The summed E-state index contributed by atoms with van der Waals surface area (Å²) in [6.45, 7) is 11.1. The van der Waals surface area contributed by atoms with Gasteiger partial charge in [-0.25, -0.2) is 4.39 Å². The lowest BCUT2D eigenvalue weighted by Crippen LogP contribution is -2.35. The zero-order chi connectivity index (χ0) is 15.8. The van der Waals surface area contributed by atoms with Crippen molar-refractivity contribution in [3.63, 3.8) is 0 Å². The number of carbonyl (C=O) groups excluding carboxylic acids is 1. The highest BCUT2D eigenvalue weighted by Gasteiger charge is 2.20. The molecule has 1 unspecified atom stereocenters. The number of aromatic nitrogens is 1. The molecule has 0 saturated carbocycles. The van der Waals surface area contributed by atoms with Crippen molar-refractivity contribution in [3.05, 3.63) is 29.8 Å². The van der Waals surface area contributed by atoms with E-state index in [1.165, 1.54) is 12.1 Å². The first kappa shape index (κ1) is 17.8. The van der Waals surface area contributed by atoms with Crippen LogP contribution in [0.4, 0.5) is 4.39 Å². The molecule has 0 saturated heterocycles. The number of Topliss-reactive ketones (excluding diaryl/α,β-unsaturated/α-hetero) is 1. The fraction of sp³-hybridized carbons (Fsp3) is 0.647. The molecule has 3 nitrogen and oxygen atoms in total. The number of pyridine rings is 1. The average Bonchev–Trinajstić information content (AvgIpc) is 2.51. The number of hydrogen-bond acceptors (Lipinski definition) is 3. The summed E-state index contributed by atoms with van der Waals surface area (Å²) in [4.78, 5) is 18.5. The SMILES string of the molecule is CCC(CC)CN(CC)CC(C)C(=O)c1ccc(F)cn1. The Morgan fingerprint density at radius 3 is 2.38 bits per heavy atom. The van der Waals surface area contributed by atoms with Crippen molar-refractivity contribution < 1.29 is 9.18 Å². The number of nitrogens with zero attached hydrogens (tertiary/aromatic N) is 2. The molecule has 118 valence electrons. The third kappa shape index (κ3) is 5.54. The number of halogens is 1. The van der Waals surface area contributed by atoms with E-state index in [9.17, 15) is 9.18 Å². The van der Waals surface area contributed by atoms with E-state index in [2.05, 4.69) is 30.7 Å². The molecule has 1 rings (SSSR count). The van der Waals surface area contributed by atoms with Crippen LogP contribution in [0.2, 0.25) is 0 Å². The van der Waals surface area contributed by atoms with Crippen molar-refractivity contribution in [2.75, 3.05) is 19.6 Å². The Morgan fingerprint density at radius 1 is 1.24 bits per heavy atom. The second-order valence-corrected chi connectivity index (χ2v) is 5.66. The summed E-state index contributed by atoms with van der Waals surface area (Å²) in [7, 11) is 0. The van der Waals surface area contributed by atoms with Gasteiger partial charge in [0, 0.05) is 19.0 Å². The normalized spacial score (nSPS) is 12.9. The van der Waals surface area contributed by atoms with Crippen LogP contribution in [0, 0.1) is 17.7 Å². The van der Waals surface area contributed by atoms with Crippen LogP contribution in [0.15, 0.2) is 18.3 Å². The van der Waals surface area contributed by atoms with Crippen molar-refractivity contribution in [1.29, 1.82) is 0 Å². The predicted molar refractivity (Wildman–Crippen MR) is 83.9 cm³/mol. The molecule has 0 bridgehead atoms. The van der Waals surface area contributed by atoms with Gasteiger partial charge in [0.1, 0.15) is 11.5 Å². The van der Waals surface area contributed by atoms with E-state index in [1.54, 1.807) is 0 Å². The monoisotopic (exact) mass is 294 g/mol. The van der Waals surface area contributed by atoms with Gasteiger partial charge in [-0.05, 0) is 24.6 Å². The number of ketones is 1. The van der Waals surface area contributed by atoms with Crippen molar-refractivity contribution in [2.45, 2.75) is 40.5 Å². The molecule has 0 spiro atoms. The Kier molecular flexibility index (Phi) is 7.51. The first-order valence-corrected chi connectivity index (χ1v) is 7.89. The van der Waals surface area contributed by atoms with Crippen molar-refractivity contribution in [3.8, 4) is 0 Å². The van der Waals surface area contributed by atoms with E-state index < -0.39 is 5.82 Å². The first-order valence-electron chi connectivity index (χ1n) is 7.89. The molecule has 0 N–H and O–H groups in total. The summed E-state index contributed by atoms with van der Waals surface area (Å²) in [6.07, 6.45) is 3.42. The lowest BCUT2D eigenvalue weighted by molar-refractivity contribution is 0.0882. The van der Waals surface area contributed by atoms with Crippen LogP contribution >= 0.6 is 0 Å². The van der Waals surface area contributed by atoms with E-state index >= 15 is 0 Å². The number of rotatable bonds is 9. The van der Waals surface area contributed by atoms with Crippen LogP contribution in [0.3, 0.4) is 0 Å². The zero-order valence-electron chi connectivity index (χ0n) is 13.6. The molecule has 0 aliphatic rings. The maximum Gasteiger partial charge on any atom is 0.185 e. The van der Waals surface area contributed by atoms with Gasteiger partial charge in [0.05, 0.1) is 6.20 Å². The fourth-order valence-electron chi connectivity index (χ4n) is 2.49. The largest absolute Gasteiger partial charge is 0.303 e. The third-order valence-electron chi connectivity index (χ3n) is 4.08. The number of hydrogen-bond donors (Lipinski definition) is 0. The minimum atomic E-state index is -0.414. The Morgan fingerprint density at radius 2 is 1.90 bits per heavy atom. The standard InChI is InChI=1S/C17H27FN2O/c1-5-14(6-2)12-20(7-3)11-13(4)17(21)16-9-8-15(18)10-19-16/h8-10,13-14H,5-7,11-12H2,1-4H3. The van der Waals surface area contributed by atoms with E-state index in [1.807, 2.05) is 6.92 Å². The van der Waals surface area contributed by atoms with Crippen LogP contribution in [0.5, 0.6) is 0 Å². The summed E-state index contributed by atoms with van der Waals surface area (Å²) in [5.41, 5.74) is 0.350. The first-order chi connectivity index (χ1) is 10.0. The molecule has 1 aromatic rings. The Balaban J connectivity index is 2.62. The summed E-state index contributed by atoms with van der Waals surface area (Å²) in [5, 5.41) is 0. The van der Waals surface area contributed by atoms with Gasteiger partial charge in [0.15, 0.2) is 5.78 Å². The lowest BCUT2D eigenvalue weighted by Gasteiger charge is -2.27. The van der Waals surface area contributed by atoms with Gasteiger partial charge < -0.3 is 4.90 Å². The molecule has 1 aromatic heterocycles. The van der Waals surface area contributed by atoms with Gasteiger partial charge in [-0.2, -0.15) is 0 Å². The average molecular weight is 294 g/mol. The minimum Gasteiger partial charge on any atom is -0.303 e. The molecule has 0 aromatic carbocycles. The second kappa shape index (κ2) is 8.88. The summed E-state index contributed by atoms with van der Waals surface area (Å²) < 4.78 is 12.9. The molecule has 0 fully saturated rings. The molecule has 0 aliphatic heterocycles. The topological polar surface area (TPSA) is 33.2 Å². The summed E-state index contributed by atoms with van der Waals surface area (Å²) in [5.74, 6) is 0.120. The van der Waals surface area contributed by atoms with Crippen LogP contribution in [-0.4, -0.2) is 35.3 Å². The molecular formula is C17H27FN2O. The molecular weight excluding hydrogens is 267 g/mol. The van der Waals surface area contributed by atoms with Gasteiger partial charge in [0.2, 0.25) is 0 Å². The molecule has 0 aliphatic carbocycles. The van der Waals surface area contributed by atoms with E-state index in [0.717, 1.165) is 38.7 Å². The number of carbonyl (C=O) groups is 1. The molecule has 1 atom stereocenters. The van der Waals surface area contributed by atoms with Gasteiger partial charge >= 0.3 is 0 Å². The fourth-order valence-corrected chi connectivity index (χ4v) is 2.49.